The summed E-state index contributed by atoms with van der Waals surface area (Å²) in [7, 11) is 0. The molecule has 5 nitrogen and oxygen atoms in total. The van der Waals surface area contributed by atoms with Crippen molar-refractivity contribution in [2.75, 3.05) is 0 Å². The van der Waals surface area contributed by atoms with Crippen molar-refractivity contribution < 1.29 is 4.39 Å². The van der Waals surface area contributed by atoms with Crippen LogP contribution in [0.4, 0.5) is 4.39 Å². The van der Waals surface area contributed by atoms with E-state index in [2.05, 4.69) is 0 Å². The highest BCUT2D eigenvalue weighted by Crippen LogP contribution is 2.19. The van der Waals surface area contributed by atoms with Gasteiger partial charge in [-0.25, -0.2) is 9.36 Å². The Hall–Kier alpha value is -2.10. The molecule has 1 N–H and O–H groups in total. The summed E-state index contributed by atoms with van der Waals surface area (Å²) >= 11 is 11.2. The van der Waals surface area contributed by atoms with Gasteiger partial charge in [0, 0.05) is 0 Å². The molecule has 0 bridgehead atoms. The molecule has 2 aromatic rings. The molecule has 0 saturated carbocycles. The molecule has 0 atom stereocenters. The molecule has 0 radical (unpaired) electrons. The molecular weight excluding hydrogens is 296 g/mol. The first kappa shape index (κ1) is 13.3. The first-order valence-electron chi connectivity index (χ1n) is 4.86. The quantitative estimate of drug-likeness (QED) is 0.816. The van der Waals surface area contributed by atoms with Gasteiger partial charge in [-0.05, 0) is 18.2 Å². The highest BCUT2D eigenvalue weighted by Gasteiger charge is 2.16. The molecule has 0 aliphatic rings. The number of nitrogens with zero attached hydrogens (tertiary/aromatic N) is 2. The lowest BCUT2D eigenvalue weighted by atomic mass is 10.2. The van der Waals surface area contributed by atoms with Crippen molar-refractivity contribution in [1.29, 1.82) is 5.26 Å². The van der Waals surface area contributed by atoms with E-state index < -0.39 is 22.2 Å². The maximum atomic E-state index is 13.4. The van der Waals surface area contributed by atoms with E-state index in [1.54, 1.807) is 0 Å². The largest absolute Gasteiger partial charge is 0.334 e. The second kappa shape index (κ2) is 4.88. The van der Waals surface area contributed by atoms with E-state index >= 15 is 0 Å². The van der Waals surface area contributed by atoms with Crippen molar-refractivity contribution in [3.8, 4) is 11.8 Å². The molecule has 0 aliphatic heterocycles. The van der Waals surface area contributed by atoms with Gasteiger partial charge in [0.2, 0.25) is 5.82 Å². The van der Waals surface area contributed by atoms with E-state index in [9.17, 15) is 14.0 Å². The van der Waals surface area contributed by atoms with Gasteiger partial charge in [0.15, 0.2) is 5.15 Å². The third-order valence-electron chi connectivity index (χ3n) is 2.32. The van der Waals surface area contributed by atoms with Crippen LogP contribution in [0, 0.1) is 17.1 Å². The number of nitrogens with one attached hydrogen (secondary N) is 1. The summed E-state index contributed by atoms with van der Waals surface area (Å²) in [6, 6.07) is 5.75. The van der Waals surface area contributed by atoms with Gasteiger partial charge in [-0.1, -0.05) is 23.2 Å². The van der Waals surface area contributed by atoms with Gasteiger partial charge in [0.25, 0.3) is 5.56 Å². The third kappa shape index (κ3) is 2.26. The van der Waals surface area contributed by atoms with Crippen LogP contribution in [0.25, 0.3) is 5.69 Å². The highest BCUT2D eigenvalue weighted by atomic mass is 35.5. The predicted octanol–water partition coefficient (Wildman–Crippen LogP) is 1.84. The van der Waals surface area contributed by atoms with Crippen molar-refractivity contribution in [1.82, 2.24) is 9.55 Å². The van der Waals surface area contributed by atoms with Gasteiger partial charge < -0.3 is 0 Å². The minimum absolute atomic E-state index is 0.0216. The van der Waals surface area contributed by atoms with Gasteiger partial charge in [0.05, 0.1) is 22.3 Å². The Morgan fingerprint density at radius 1 is 1.32 bits per heavy atom. The maximum Gasteiger partial charge on any atom is 0.334 e. The van der Waals surface area contributed by atoms with Crippen LogP contribution in [0.3, 0.4) is 0 Å². The minimum atomic E-state index is -1.31. The normalized spacial score (nSPS) is 10.2. The van der Waals surface area contributed by atoms with Gasteiger partial charge in [-0.15, -0.1) is 0 Å². The second-order valence-corrected chi connectivity index (χ2v) is 4.26. The summed E-state index contributed by atoms with van der Waals surface area (Å²) in [6.07, 6.45) is 0. The zero-order valence-electron chi connectivity index (χ0n) is 9.08. The number of hydrogen-bond donors (Lipinski definition) is 1. The molecule has 0 aliphatic carbocycles. The first-order valence-corrected chi connectivity index (χ1v) is 5.61. The number of hydrogen-bond acceptors (Lipinski definition) is 3. The zero-order chi connectivity index (χ0) is 14.2. The van der Waals surface area contributed by atoms with Crippen LogP contribution >= 0.6 is 23.2 Å². The van der Waals surface area contributed by atoms with Gasteiger partial charge in [0.1, 0.15) is 0 Å². The Kier molecular flexibility index (Phi) is 3.42. The number of halogens is 3. The topological polar surface area (TPSA) is 78.7 Å². The third-order valence-corrected chi connectivity index (χ3v) is 2.90. The molecular formula is C11H4Cl2FN3O2. The summed E-state index contributed by atoms with van der Waals surface area (Å²) in [5.74, 6) is -1.31. The number of aromatic nitrogens is 2. The number of rotatable bonds is 1. The number of benzene rings is 1. The molecule has 1 heterocycles. The average Bonchev–Trinajstić information content (AvgIpc) is 2.38. The molecule has 0 saturated heterocycles. The smallest absolute Gasteiger partial charge is 0.295 e. The molecule has 2 rings (SSSR count). The van der Waals surface area contributed by atoms with Crippen LogP contribution in [-0.2, 0) is 0 Å². The van der Waals surface area contributed by atoms with Crippen LogP contribution < -0.4 is 11.2 Å². The fourth-order valence-electron chi connectivity index (χ4n) is 1.46. The van der Waals surface area contributed by atoms with Crippen LogP contribution in [0.1, 0.15) is 5.56 Å². The van der Waals surface area contributed by atoms with Crippen LogP contribution in [0.2, 0.25) is 10.2 Å². The van der Waals surface area contributed by atoms with Crippen molar-refractivity contribution in [3.05, 3.63) is 60.6 Å². The van der Waals surface area contributed by atoms with E-state index in [0.29, 0.717) is 4.57 Å². The Morgan fingerprint density at radius 2 is 2.00 bits per heavy atom. The SMILES string of the molecule is N#Cc1ccc(Cl)c(-n2c(=O)[nH]c(Cl)c(F)c2=O)c1. The lowest BCUT2D eigenvalue weighted by Gasteiger charge is -2.07. The Labute approximate surface area is 115 Å². The standard InChI is InChI=1S/C11H4Cl2FN3O2/c12-6-2-1-5(4-15)3-7(6)17-10(18)8(14)9(13)16-11(17)19/h1-3H,(H,16,19). The molecule has 0 unspecified atom stereocenters. The zero-order valence-corrected chi connectivity index (χ0v) is 10.6. The van der Waals surface area contributed by atoms with Gasteiger partial charge in [-0.3, -0.25) is 9.78 Å². The molecule has 0 spiro atoms. The number of aromatic amines is 1. The Balaban J connectivity index is 2.88. The fourth-order valence-corrected chi connectivity index (χ4v) is 1.83. The van der Waals surface area contributed by atoms with E-state index in [-0.39, 0.29) is 16.3 Å². The monoisotopic (exact) mass is 299 g/mol. The van der Waals surface area contributed by atoms with Gasteiger partial charge in [-0.2, -0.15) is 9.65 Å². The van der Waals surface area contributed by atoms with Crippen molar-refractivity contribution in [2.24, 2.45) is 0 Å². The highest BCUT2D eigenvalue weighted by molar-refractivity contribution is 6.32. The van der Waals surface area contributed by atoms with Crippen molar-refractivity contribution in [2.45, 2.75) is 0 Å². The average molecular weight is 300 g/mol. The molecule has 0 fully saturated rings. The molecule has 8 heteroatoms. The van der Waals surface area contributed by atoms with Crippen LogP contribution in [-0.4, -0.2) is 9.55 Å². The number of H-pyrrole nitrogens is 1. The van der Waals surface area contributed by atoms with Crippen molar-refractivity contribution in [3.63, 3.8) is 0 Å². The molecule has 1 aromatic carbocycles. The molecule has 1 aromatic heterocycles. The predicted molar refractivity (Wildman–Crippen MR) is 67.4 cm³/mol. The maximum absolute atomic E-state index is 13.4. The van der Waals surface area contributed by atoms with Crippen LogP contribution in [0.15, 0.2) is 27.8 Å². The van der Waals surface area contributed by atoms with E-state index in [4.69, 9.17) is 28.5 Å². The van der Waals surface area contributed by atoms with E-state index in [1.807, 2.05) is 11.1 Å². The van der Waals surface area contributed by atoms with Crippen molar-refractivity contribution >= 4 is 23.2 Å². The fraction of sp³-hybridized carbons (Fsp3) is 0. The second-order valence-electron chi connectivity index (χ2n) is 3.48. The van der Waals surface area contributed by atoms with E-state index in [1.165, 1.54) is 18.2 Å². The van der Waals surface area contributed by atoms with Gasteiger partial charge >= 0.3 is 5.69 Å². The molecule has 0 amide bonds. The summed E-state index contributed by atoms with van der Waals surface area (Å²) in [5, 5.41) is 8.12. The summed E-state index contributed by atoms with van der Waals surface area (Å²) < 4.78 is 13.9. The lowest BCUT2D eigenvalue weighted by molar-refractivity contribution is 0.584. The molecule has 19 heavy (non-hydrogen) atoms. The Bertz CT molecular complexity index is 820. The summed E-state index contributed by atoms with van der Waals surface area (Å²) in [5.41, 5.74) is -2.12. The summed E-state index contributed by atoms with van der Waals surface area (Å²) in [4.78, 5) is 25.4. The van der Waals surface area contributed by atoms with E-state index in [0.717, 1.165) is 0 Å². The first-order chi connectivity index (χ1) is 8.95. The lowest BCUT2D eigenvalue weighted by Crippen LogP contribution is -2.36. The van der Waals surface area contributed by atoms with Crippen LogP contribution in [0.5, 0.6) is 0 Å². The Morgan fingerprint density at radius 3 is 2.63 bits per heavy atom. The summed E-state index contributed by atoms with van der Waals surface area (Å²) in [6.45, 7) is 0. The molecule has 96 valence electrons. The minimum Gasteiger partial charge on any atom is -0.295 e. The number of nitriles is 1.